The molecular formula is C21H20F2N2O3. The number of rotatable bonds is 7. The summed E-state index contributed by atoms with van der Waals surface area (Å²) >= 11 is 0. The van der Waals surface area contributed by atoms with Gasteiger partial charge in [0, 0.05) is 37.2 Å². The number of nitrogens with zero attached hydrogens (tertiary/aromatic N) is 2. The van der Waals surface area contributed by atoms with E-state index in [1.807, 2.05) is 41.2 Å². The van der Waals surface area contributed by atoms with E-state index in [9.17, 15) is 13.6 Å². The third-order valence-corrected chi connectivity index (χ3v) is 4.21. The third kappa shape index (κ3) is 4.49. The van der Waals surface area contributed by atoms with Gasteiger partial charge in [0.05, 0.1) is 7.11 Å². The maximum atomic E-state index is 12.8. The lowest BCUT2D eigenvalue weighted by molar-refractivity contribution is -0.0512. The second-order valence-corrected chi connectivity index (χ2v) is 6.17. The van der Waals surface area contributed by atoms with Gasteiger partial charge in [-0.15, -0.1) is 0 Å². The van der Waals surface area contributed by atoms with Crippen molar-refractivity contribution >= 4 is 5.91 Å². The lowest BCUT2D eigenvalue weighted by Gasteiger charge is -2.19. The van der Waals surface area contributed by atoms with Gasteiger partial charge < -0.3 is 18.9 Å². The zero-order chi connectivity index (χ0) is 20.1. The van der Waals surface area contributed by atoms with Gasteiger partial charge >= 0.3 is 6.61 Å². The van der Waals surface area contributed by atoms with Gasteiger partial charge in [-0.05, 0) is 48.0 Å². The van der Waals surface area contributed by atoms with Crippen molar-refractivity contribution in [3.63, 3.8) is 0 Å². The summed E-state index contributed by atoms with van der Waals surface area (Å²) in [6.45, 7) is -2.73. The van der Waals surface area contributed by atoms with Gasteiger partial charge in [0.2, 0.25) is 0 Å². The van der Waals surface area contributed by atoms with Crippen LogP contribution >= 0.6 is 0 Å². The zero-order valence-corrected chi connectivity index (χ0v) is 15.5. The van der Waals surface area contributed by atoms with E-state index < -0.39 is 6.61 Å². The third-order valence-electron chi connectivity index (χ3n) is 4.21. The summed E-state index contributed by atoms with van der Waals surface area (Å²) < 4.78 is 36.6. The second kappa shape index (κ2) is 8.56. The Hall–Kier alpha value is -3.35. The molecule has 1 aromatic heterocycles. The molecule has 5 nitrogen and oxygen atoms in total. The summed E-state index contributed by atoms with van der Waals surface area (Å²) in [5, 5.41) is 0. The minimum absolute atomic E-state index is 0.0644. The highest BCUT2D eigenvalue weighted by Gasteiger charge is 2.16. The minimum Gasteiger partial charge on any atom is -0.493 e. The van der Waals surface area contributed by atoms with E-state index in [1.165, 1.54) is 24.1 Å². The lowest BCUT2D eigenvalue weighted by atomic mass is 10.1. The van der Waals surface area contributed by atoms with E-state index in [0.29, 0.717) is 11.1 Å². The second-order valence-electron chi connectivity index (χ2n) is 6.17. The predicted molar refractivity (Wildman–Crippen MR) is 101 cm³/mol. The van der Waals surface area contributed by atoms with Crippen LogP contribution in [-0.2, 0) is 6.54 Å². The fourth-order valence-electron chi connectivity index (χ4n) is 2.88. The number of aromatic nitrogens is 1. The molecule has 0 fully saturated rings. The molecule has 146 valence electrons. The monoisotopic (exact) mass is 386 g/mol. The molecule has 0 aliphatic carbocycles. The number of halogens is 2. The first-order valence-corrected chi connectivity index (χ1v) is 8.58. The molecule has 0 aliphatic rings. The molecule has 0 N–H and O–H groups in total. The summed E-state index contributed by atoms with van der Waals surface area (Å²) in [4.78, 5) is 14.3. The molecule has 3 aromatic rings. The molecule has 0 atom stereocenters. The van der Waals surface area contributed by atoms with E-state index in [1.54, 1.807) is 25.2 Å². The van der Waals surface area contributed by atoms with Crippen molar-refractivity contribution in [1.82, 2.24) is 9.47 Å². The zero-order valence-electron chi connectivity index (χ0n) is 15.5. The normalized spacial score (nSPS) is 10.8. The van der Waals surface area contributed by atoms with Crippen LogP contribution in [0.25, 0.3) is 5.69 Å². The molecule has 0 aliphatic heterocycles. The molecular weight excluding hydrogens is 366 g/mol. The van der Waals surface area contributed by atoms with Crippen LogP contribution in [0.3, 0.4) is 0 Å². The maximum Gasteiger partial charge on any atom is 0.387 e. The van der Waals surface area contributed by atoms with Crippen LogP contribution in [0, 0.1) is 0 Å². The van der Waals surface area contributed by atoms with Gasteiger partial charge in [-0.3, -0.25) is 4.79 Å². The van der Waals surface area contributed by atoms with Gasteiger partial charge in [0.25, 0.3) is 5.91 Å². The summed E-state index contributed by atoms with van der Waals surface area (Å²) in [5.41, 5.74) is 2.06. The standard InChI is InChI=1S/C21H20F2N2O3/c1-24(14-15-8-9-18(27-2)19(12-15)28-21(22)23)20(26)16-6-5-7-17(13-16)25-10-3-4-11-25/h3-13,21H,14H2,1-2H3. The fraction of sp³-hybridized carbons (Fsp3) is 0.190. The average Bonchev–Trinajstić information content (AvgIpc) is 3.22. The number of carbonyl (C=O) groups excluding carboxylic acids is 1. The molecule has 1 amide bonds. The van der Waals surface area contributed by atoms with Crippen LogP contribution in [0.15, 0.2) is 67.0 Å². The molecule has 0 radical (unpaired) electrons. The van der Waals surface area contributed by atoms with E-state index in [2.05, 4.69) is 4.74 Å². The van der Waals surface area contributed by atoms with Gasteiger partial charge in [0.1, 0.15) is 0 Å². The van der Waals surface area contributed by atoms with Crippen molar-refractivity contribution < 1.29 is 23.0 Å². The number of hydrogen-bond donors (Lipinski definition) is 0. The van der Waals surface area contributed by atoms with Crippen molar-refractivity contribution in [2.45, 2.75) is 13.2 Å². The number of methoxy groups -OCH3 is 1. The molecule has 0 unspecified atom stereocenters. The first-order valence-electron chi connectivity index (χ1n) is 8.58. The summed E-state index contributed by atoms with van der Waals surface area (Å²) in [5.74, 6) is -0.0379. The lowest BCUT2D eigenvalue weighted by Crippen LogP contribution is -2.26. The summed E-state index contributed by atoms with van der Waals surface area (Å²) in [6, 6.07) is 15.8. The maximum absolute atomic E-state index is 12.8. The Bertz CT molecular complexity index is 943. The molecule has 0 saturated heterocycles. The van der Waals surface area contributed by atoms with Gasteiger partial charge in [0.15, 0.2) is 11.5 Å². The molecule has 3 rings (SSSR count). The van der Waals surface area contributed by atoms with Crippen LogP contribution in [0.2, 0.25) is 0 Å². The van der Waals surface area contributed by atoms with E-state index >= 15 is 0 Å². The Morgan fingerprint density at radius 3 is 2.50 bits per heavy atom. The van der Waals surface area contributed by atoms with Gasteiger partial charge in [-0.1, -0.05) is 12.1 Å². The van der Waals surface area contributed by atoms with Gasteiger partial charge in [-0.25, -0.2) is 0 Å². The number of ether oxygens (including phenoxy) is 2. The van der Waals surface area contributed by atoms with Crippen LogP contribution in [0.4, 0.5) is 8.78 Å². The molecule has 7 heteroatoms. The number of amides is 1. The van der Waals surface area contributed by atoms with E-state index in [0.717, 1.165) is 5.69 Å². The van der Waals surface area contributed by atoms with Crippen molar-refractivity contribution in [3.8, 4) is 17.2 Å². The topological polar surface area (TPSA) is 43.7 Å². The summed E-state index contributed by atoms with van der Waals surface area (Å²) in [6.07, 6.45) is 3.80. The first-order chi connectivity index (χ1) is 13.5. The quantitative estimate of drug-likeness (QED) is 0.606. The van der Waals surface area contributed by atoms with Crippen LogP contribution in [0.1, 0.15) is 15.9 Å². The molecule has 0 bridgehead atoms. The summed E-state index contributed by atoms with van der Waals surface area (Å²) in [7, 11) is 3.03. The number of benzene rings is 2. The van der Waals surface area contributed by atoms with E-state index in [4.69, 9.17) is 4.74 Å². The Morgan fingerprint density at radius 1 is 1.07 bits per heavy atom. The largest absolute Gasteiger partial charge is 0.493 e. The van der Waals surface area contributed by atoms with Crippen molar-refractivity contribution in [2.75, 3.05) is 14.2 Å². The Balaban J connectivity index is 1.77. The Labute approximate surface area is 161 Å². The predicted octanol–water partition coefficient (Wildman–Crippen LogP) is 4.36. The van der Waals surface area contributed by atoms with Crippen LogP contribution in [-0.4, -0.2) is 36.1 Å². The van der Waals surface area contributed by atoms with Crippen molar-refractivity contribution in [1.29, 1.82) is 0 Å². The van der Waals surface area contributed by atoms with Crippen LogP contribution in [0.5, 0.6) is 11.5 Å². The average molecular weight is 386 g/mol. The van der Waals surface area contributed by atoms with Crippen molar-refractivity contribution in [2.24, 2.45) is 0 Å². The SMILES string of the molecule is COc1ccc(CN(C)C(=O)c2cccc(-n3cccc3)c2)cc1OC(F)F. The van der Waals surface area contributed by atoms with Crippen molar-refractivity contribution in [3.05, 3.63) is 78.1 Å². The smallest absolute Gasteiger partial charge is 0.387 e. The highest BCUT2D eigenvalue weighted by atomic mass is 19.3. The number of hydrogen-bond acceptors (Lipinski definition) is 3. The minimum atomic E-state index is -2.96. The molecule has 0 spiro atoms. The molecule has 1 heterocycles. The van der Waals surface area contributed by atoms with E-state index in [-0.39, 0.29) is 24.0 Å². The first kappa shape index (κ1) is 19.4. The van der Waals surface area contributed by atoms with Gasteiger partial charge in [-0.2, -0.15) is 8.78 Å². The fourth-order valence-corrected chi connectivity index (χ4v) is 2.88. The number of alkyl halides is 2. The molecule has 28 heavy (non-hydrogen) atoms. The highest BCUT2D eigenvalue weighted by Crippen LogP contribution is 2.30. The number of carbonyl (C=O) groups is 1. The Morgan fingerprint density at radius 2 is 1.82 bits per heavy atom. The molecule has 0 saturated carbocycles. The Kier molecular flexibility index (Phi) is 5.93. The highest BCUT2D eigenvalue weighted by molar-refractivity contribution is 5.94. The van der Waals surface area contributed by atoms with Crippen LogP contribution < -0.4 is 9.47 Å². The molecule has 2 aromatic carbocycles.